The van der Waals surface area contributed by atoms with E-state index in [1.54, 1.807) is 19.0 Å². The number of amides is 1. The number of benzene rings is 1. The molecule has 18 heavy (non-hydrogen) atoms. The quantitative estimate of drug-likeness (QED) is 0.817. The highest BCUT2D eigenvalue weighted by molar-refractivity contribution is 6.02. The minimum Gasteiger partial charge on any atom is -0.490 e. The third-order valence-corrected chi connectivity index (χ3v) is 2.92. The van der Waals surface area contributed by atoms with Crippen LogP contribution in [0.25, 0.3) is 0 Å². The molecule has 0 N–H and O–H groups in total. The molecule has 0 heterocycles. The van der Waals surface area contributed by atoms with Crippen molar-refractivity contribution in [3.05, 3.63) is 23.8 Å². The molecular formula is C14H20N2O2. The molecule has 98 valence electrons. The zero-order valence-electron chi connectivity index (χ0n) is 11.4. The van der Waals surface area contributed by atoms with Crippen molar-refractivity contribution in [1.82, 2.24) is 4.90 Å². The van der Waals surface area contributed by atoms with Crippen LogP contribution in [0.1, 0.15) is 23.2 Å². The standard InChI is InChI=1S/C14H20N2O2/c1-15(2)11-6-5-7-12(18-10-8-9-10)13(11)14(17)16(3)4/h5-7,10H,8-9H2,1-4H3. The molecule has 0 atom stereocenters. The summed E-state index contributed by atoms with van der Waals surface area (Å²) in [4.78, 5) is 15.8. The molecule has 4 nitrogen and oxygen atoms in total. The van der Waals surface area contributed by atoms with Crippen molar-refractivity contribution in [2.24, 2.45) is 0 Å². The molecule has 0 saturated heterocycles. The molecule has 0 radical (unpaired) electrons. The second-order valence-corrected chi connectivity index (χ2v) is 5.06. The Morgan fingerprint density at radius 3 is 2.39 bits per heavy atom. The molecule has 1 aromatic carbocycles. The lowest BCUT2D eigenvalue weighted by atomic mass is 10.1. The van der Waals surface area contributed by atoms with Gasteiger partial charge in [0.15, 0.2) is 0 Å². The lowest BCUT2D eigenvalue weighted by Crippen LogP contribution is -2.25. The third-order valence-electron chi connectivity index (χ3n) is 2.92. The highest BCUT2D eigenvalue weighted by Gasteiger charge is 2.27. The average Bonchev–Trinajstić information content (AvgIpc) is 3.11. The molecule has 2 rings (SSSR count). The predicted molar refractivity (Wildman–Crippen MR) is 72.4 cm³/mol. The van der Waals surface area contributed by atoms with Gasteiger partial charge in [-0.3, -0.25) is 4.79 Å². The summed E-state index contributed by atoms with van der Waals surface area (Å²) in [6.45, 7) is 0. The van der Waals surface area contributed by atoms with Gasteiger partial charge in [-0.25, -0.2) is 0 Å². The summed E-state index contributed by atoms with van der Waals surface area (Å²) in [6.07, 6.45) is 2.46. The van der Waals surface area contributed by atoms with Gasteiger partial charge in [-0.2, -0.15) is 0 Å². The summed E-state index contributed by atoms with van der Waals surface area (Å²) < 4.78 is 5.84. The Morgan fingerprint density at radius 1 is 1.22 bits per heavy atom. The van der Waals surface area contributed by atoms with Crippen LogP contribution in [-0.4, -0.2) is 45.1 Å². The number of anilines is 1. The maximum Gasteiger partial charge on any atom is 0.259 e. The second-order valence-electron chi connectivity index (χ2n) is 5.06. The molecule has 1 amide bonds. The van der Waals surface area contributed by atoms with Crippen LogP contribution in [0.4, 0.5) is 5.69 Å². The molecule has 1 saturated carbocycles. The lowest BCUT2D eigenvalue weighted by Gasteiger charge is -2.22. The van der Waals surface area contributed by atoms with Crippen LogP contribution in [0.3, 0.4) is 0 Å². The van der Waals surface area contributed by atoms with E-state index >= 15 is 0 Å². The fraction of sp³-hybridized carbons (Fsp3) is 0.500. The molecule has 0 spiro atoms. The molecule has 1 aromatic rings. The van der Waals surface area contributed by atoms with E-state index in [0.717, 1.165) is 18.5 Å². The molecule has 0 aromatic heterocycles. The van der Waals surface area contributed by atoms with Crippen molar-refractivity contribution >= 4 is 11.6 Å². The van der Waals surface area contributed by atoms with E-state index in [1.165, 1.54) is 0 Å². The summed E-state index contributed by atoms with van der Waals surface area (Å²) in [6, 6.07) is 5.75. The van der Waals surface area contributed by atoms with E-state index in [0.29, 0.717) is 11.3 Å². The van der Waals surface area contributed by atoms with Crippen molar-refractivity contribution < 1.29 is 9.53 Å². The fourth-order valence-corrected chi connectivity index (χ4v) is 1.79. The van der Waals surface area contributed by atoms with E-state index in [1.807, 2.05) is 37.2 Å². The van der Waals surface area contributed by atoms with E-state index in [2.05, 4.69) is 0 Å². The number of rotatable bonds is 4. The lowest BCUT2D eigenvalue weighted by molar-refractivity contribution is 0.0823. The summed E-state index contributed by atoms with van der Waals surface area (Å²) in [5.41, 5.74) is 1.55. The SMILES string of the molecule is CN(C)C(=O)c1c(OC2CC2)cccc1N(C)C. The van der Waals surface area contributed by atoms with Crippen LogP contribution < -0.4 is 9.64 Å². The topological polar surface area (TPSA) is 32.8 Å². The molecule has 0 unspecified atom stereocenters. The Bertz CT molecular complexity index is 451. The third kappa shape index (κ3) is 2.58. The highest BCUT2D eigenvalue weighted by atomic mass is 16.5. The Hall–Kier alpha value is -1.71. The van der Waals surface area contributed by atoms with E-state index in [9.17, 15) is 4.79 Å². The van der Waals surface area contributed by atoms with Crippen molar-refractivity contribution in [3.8, 4) is 5.75 Å². The summed E-state index contributed by atoms with van der Waals surface area (Å²) >= 11 is 0. The van der Waals surface area contributed by atoms with Crippen molar-refractivity contribution in [1.29, 1.82) is 0 Å². The van der Waals surface area contributed by atoms with E-state index in [4.69, 9.17) is 4.74 Å². The predicted octanol–water partition coefficient (Wildman–Crippen LogP) is 2.00. The minimum atomic E-state index is -0.0186. The van der Waals surface area contributed by atoms with Gasteiger partial charge in [-0.15, -0.1) is 0 Å². The Labute approximate surface area is 108 Å². The molecule has 1 fully saturated rings. The van der Waals surface area contributed by atoms with Gasteiger partial charge in [-0.05, 0) is 25.0 Å². The summed E-state index contributed by atoms with van der Waals surface area (Å²) in [7, 11) is 7.39. The van der Waals surface area contributed by atoms with Crippen molar-refractivity contribution in [2.45, 2.75) is 18.9 Å². The van der Waals surface area contributed by atoms with Gasteiger partial charge in [0.1, 0.15) is 11.3 Å². The molecule has 1 aliphatic rings. The molecule has 0 bridgehead atoms. The van der Waals surface area contributed by atoms with Crippen LogP contribution in [0.15, 0.2) is 18.2 Å². The van der Waals surface area contributed by atoms with Crippen molar-refractivity contribution in [2.75, 3.05) is 33.1 Å². The molecule has 1 aliphatic carbocycles. The zero-order chi connectivity index (χ0) is 13.3. The van der Waals surface area contributed by atoms with Gasteiger partial charge in [0.25, 0.3) is 5.91 Å². The minimum absolute atomic E-state index is 0.0186. The van der Waals surface area contributed by atoms with Gasteiger partial charge in [-0.1, -0.05) is 6.07 Å². The first-order chi connectivity index (χ1) is 8.50. The fourth-order valence-electron chi connectivity index (χ4n) is 1.79. The van der Waals surface area contributed by atoms with Gasteiger partial charge in [0.2, 0.25) is 0 Å². The molecular weight excluding hydrogens is 228 g/mol. The normalized spacial score (nSPS) is 14.2. The average molecular weight is 248 g/mol. The van der Waals surface area contributed by atoms with Crippen LogP contribution in [0.5, 0.6) is 5.75 Å². The van der Waals surface area contributed by atoms with Crippen LogP contribution in [0, 0.1) is 0 Å². The molecule has 0 aliphatic heterocycles. The van der Waals surface area contributed by atoms with Gasteiger partial charge >= 0.3 is 0 Å². The van der Waals surface area contributed by atoms with Crippen molar-refractivity contribution in [3.63, 3.8) is 0 Å². The van der Waals surface area contributed by atoms with Gasteiger partial charge in [0.05, 0.1) is 11.8 Å². The number of ether oxygens (including phenoxy) is 1. The Kier molecular flexibility index (Phi) is 3.45. The largest absolute Gasteiger partial charge is 0.490 e. The maximum atomic E-state index is 12.3. The first-order valence-electron chi connectivity index (χ1n) is 6.19. The first kappa shape index (κ1) is 12.7. The second kappa shape index (κ2) is 4.88. The Morgan fingerprint density at radius 2 is 1.89 bits per heavy atom. The maximum absolute atomic E-state index is 12.3. The first-order valence-corrected chi connectivity index (χ1v) is 6.19. The van der Waals surface area contributed by atoms with Crippen LogP contribution >= 0.6 is 0 Å². The zero-order valence-corrected chi connectivity index (χ0v) is 11.4. The number of carbonyl (C=O) groups excluding carboxylic acids is 1. The smallest absolute Gasteiger partial charge is 0.259 e. The van der Waals surface area contributed by atoms with Gasteiger partial charge < -0.3 is 14.5 Å². The molecule has 4 heteroatoms. The summed E-state index contributed by atoms with van der Waals surface area (Å²) in [5, 5.41) is 0. The number of carbonyl (C=O) groups is 1. The summed E-state index contributed by atoms with van der Waals surface area (Å²) in [5.74, 6) is 0.678. The Balaban J connectivity index is 2.43. The van der Waals surface area contributed by atoms with E-state index in [-0.39, 0.29) is 12.0 Å². The number of hydrogen-bond donors (Lipinski definition) is 0. The van der Waals surface area contributed by atoms with E-state index < -0.39 is 0 Å². The van der Waals surface area contributed by atoms with Crippen LogP contribution in [-0.2, 0) is 0 Å². The highest BCUT2D eigenvalue weighted by Crippen LogP contribution is 2.34. The number of hydrogen-bond acceptors (Lipinski definition) is 3. The van der Waals surface area contributed by atoms with Crippen LogP contribution in [0.2, 0.25) is 0 Å². The monoisotopic (exact) mass is 248 g/mol. The number of nitrogens with zero attached hydrogens (tertiary/aromatic N) is 2. The van der Waals surface area contributed by atoms with Gasteiger partial charge in [0, 0.05) is 28.2 Å².